The Morgan fingerprint density at radius 2 is 1.73 bits per heavy atom. The van der Waals surface area contributed by atoms with E-state index in [2.05, 4.69) is 50.3 Å². The summed E-state index contributed by atoms with van der Waals surface area (Å²) < 4.78 is 0.551. The molecule has 0 aromatic heterocycles. The Kier molecular flexibility index (Phi) is 4.87. The van der Waals surface area contributed by atoms with Crippen LogP contribution >= 0.6 is 22.6 Å². The second-order valence-electron chi connectivity index (χ2n) is 4.99. The van der Waals surface area contributed by atoms with E-state index in [1.54, 1.807) is 0 Å². The van der Waals surface area contributed by atoms with Crippen molar-refractivity contribution in [1.82, 2.24) is 4.90 Å². The van der Waals surface area contributed by atoms with Crippen molar-refractivity contribution in [2.75, 3.05) is 0 Å². The fourth-order valence-corrected chi connectivity index (χ4v) is 3.60. The van der Waals surface area contributed by atoms with Crippen LogP contribution in [0.2, 0.25) is 0 Å². The van der Waals surface area contributed by atoms with Crippen molar-refractivity contribution in [3.05, 3.63) is 0 Å². The van der Waals surface area contributed by atoms with Gasteiger partial charge in [-0.2, -0.15) is 0 Å². The molecular weight excluding hydrogens is 301 g/mol. The number of hydrogen-bond acceptors (Lipinski definition) is 1. The van der Waals surface area contributed by atoms with Gasteiger partial charge < -0.3 is 4.90 Å². The molecule has 2 nitrogen and oxygen atoms in total. The van der Waals surface area contributed by atoms with Gasteiger partial charge in [0.05, 0.1) is 0 Å². The van der Waals surface area contributed by atoms with E-state index >= 15 is 0 Å². The molecule has 1 aliphatic rings. The van der Waals surface area contributed by atoms with E-state index in [4.69, 9.17) is 0 Å². The standard InChI is InChI=1S/C12H22INO/c1-8(2)14(9(3)4)12(15)10-6-5-7-11(10)13/h8-11H,5-7H2,1-4H3/t10-,11?/m0/s1. The van der Waals surface area contributed by atoms with Crippen LogP contribution in [0.1, 0.15) is 47.0 Å². The molecule has 1 rings (SSSR count). The zero-order valence-electron chi connectivity index (χ0n) is 10.2. The molecule has 0 bridgehead atoms. The number of rotatable bonds is 3. The second kappa shape index (κ2) is 5.51. The molecule has 0 spiro atoms. The zero-order chi connectivity index (χ0) is 11.6. The first-order chi connectivity index (χ1) is 6.95. The topological polar surface area (TPSA) is 20.3 Å². The lowest BCUT2D eigenvalue weighted by Crippen LogP contribution is -2.46. The van der Waals surface area contributed by atoms with Gasteiger partial charge in [-0.3, -0.25) is 4.79 Å². The number of nitrogens with zero attached hydrogens (tertiary/aromatic N) is 1. The van der Waals surface area contributed by atoms with Gasteiger partial charge in [0.15, 0.2) is 0 Å². The average molecular weight is 323 g/mol. The summed E-state index contributed by atoms with van der Waals surface area (Å²) in [7, 11) is 0. The van der Waals surface area contributed by atoms with Crippen molar-refractivity contribution < 1.29 is 4.79 Å². The minimum absolute atomic E-state index is 0.274. The largest absolute Gasteiger partial charge is 0.338 e. The summed E-state index contributed by atoms with van der Waals surface area (Å²) >= 11 is 2.44. The van der Waals surface area contributed by atoms with Crippen LogP contribution in [0.15, 0.2) is 0 Å². The van der Waals surface area contributed by atoms with Crippen molar-refractivity contribution in [3.63, 3.8) is 0 Å². The maximum Gasteiger partial charge on any atom is 0.227 e. The number of carbonyl (C=O) groups is 1. The number of alkyl halides is 1. The van der Waals surface area contributed by atoms with Crippen LogP contribution in [0.4, 0.5) is 0 Å². The predicted octanol–water partition coefficient (Wildman–Crippen LogP) is 3.24. The van der Waals surface area contributed by atoms with Crippen LogP contribution in [0, 0.1) is 5.92 Å². The Balaban J connectivity index is 2.71. The van der Waals surface area contributed by atoms with E-state index in [0.29, 0.717) is 21.9 Å². The molecule has 0 aromatic carbocycles. The molecule has 1 fully saturated rings. The van der Waals surface area contributed by atoms with Gasteiger partial charge in [-0.25, -0.2) is 0 Å². The first kappa shape index (κ1) is 13.3. The fraction of sp³-hybridized carbons (Fsp3) is 0.917. The Hall–Kier alpha value is 0.200. The van der Waals surface area contributed by atoms with Gasteiger partial charge in [0.25, 0.3) is 0 Å². The van der Waals surface area contributed by atoms with E-state index in [9.17, 15) is 4.79 Å². The molecule has 1 amide bonds. The van der Waals surface area contributed by atoms with Crippen molar-refractivity contribution in [2.45, 2.75) is 63.0 Å². The number of carbonyl (C=O) groups excluding carboxylic acids is 1. The molecule has 15 heavy (non-hydrogen) atoms. The highest BCUT2D eigenvalue weighted by atomic mass is 127. The second-order valence-corrected chi connectivity index (χ2v) is 6.59. The van der Waals surface area contributed by atoms with E-state index in [0.717, 1.165) is 6.42 Å². The van der Waals surface area contributed by atoms with Crippen LogP contribution in [0.5, 0.6) is 0 Å². The third kappa shape index (κ3) is 3.08. The van der Waals surface area contributed by atoms with E-state index in [1.165, 1.54) is 12.8 Å². The van der Waals surface area contributed by atoms with E-state index in [-0.39, 0.29) is 5.92 Å². The first-order valence-electron chi connectivity index (χ1n) is 5.91. The Morgan fingerprint density at radius 1 is 1.20 bits per heavy atom. The summed E-state index contributed by atoms with van der Waals surface area (Å²) in [5.41, 5.74) is 0. The summed E-state index contributed by atoms with van der Waals surface area (Å²) in [5, 5.41) is 0. The molecule has 1 unspecified atom stereocenters. The minimum atomic E-state index is 0.274. The Labute approximate surface area is 107 Å². The molecular formula is C12H22INO. The molecule has 3 heteroatoms. The van der Waals surface area contributed by atoms with E-state index < -0.39 is 0 Å². The Morgan fingerprint density at radius 3 is 2.07 bits per heavy atom. The van der Waals surface area contributed by atoms with Crippen LogP contribution < -0.4 is 0 Å². The highest BCUT2D eigenvalue weighted by Crippen LogP contribution is 2.34. The summed E-state index contributed by atoms with van der Waals surface area (Å²) in [6.45, 7) is 8.42. The zero-order valence-corrected chi connectivity index (χ0v) is 12.3. The predicted molar refractivity (Wildman–Crippen MR) is 72.3 cm³/mol. The first-order valence-corrected chi connectivity index (χ1v) is 7.16. The molecule has 0 radical (unpaired) electrons. The average Bonchev–Trinajstić information content (AvgIpc) is 2.49. The molecule has 1 saturated carbocycles. The quantitative estimate of drug-likeness (QED) is 0.577. The minimum Gasteiger partial charge on any atom is -0.338 e. The molecule has 0 saturated heterocycles. The number of amides is 1. The molecule has 0 aromatic rings. The smallest absolute Gasteiger partial charge is 0.227 e. The molecule has 88 valence electrons. The lowest BCUT2D eigenvalue weighted by molar-refractivity contribution is -0.138. The molecule has 0 heterocycles. The van der Waals surface area contributed by atoms with Crippen LogP contribution in [0.25, 0.3) is 0 Å². The van der Waals surface area contributed by atoms with Crippen molar-refractivity contribution >= 4 is 28.5 Å². The van der Waals surface area contributed by atoms with Gasteiger partial charge >= 0.3 is 0 Å². The van der Waals surface area contributed by atoms with Gasteiger partial charge in [0, 0.05) is 21.9 Å². The summed E-state index contributed by atoms with van der Waals surface area (Å²) in [6.07, 6.45) is 3.51. The Bertz CT molecular complexity index is 220. The maximum absolute atomic E-state index is 12.4. The SMILES string of the molecule is CC(C)N(C(=O)[C@H]1CCCC1I)C(C)C. The lowest BCUT2D eigenvalue weighted by atomic mass is 10.0. The number of halogens is 1. The highest BCUT2D eigenvalue weighted by Gasteiger charge is 2.35. The molecule has 0 N–H and O–H groups in total. The highest BCUT2D eigenvalue weighted by molar-refractivity contribution is 14.1. The van der Waals surface area contributed by atoms with Gasteiger partial charge in [0.2, 0.25) is 5.91 Å². The molecule has 0 aliphatic heterocycles. The molecule has 2 atom stereocenters. The summed E-state index contributed by atoms with van der Waals surface area (Å²) in [4.78, 5) is 14.4. The van der Waals surface area contributed by atoms with Crippen LogP contribution in [0.3, 0.4) is 0 Å². The van der Waals surface area contributed by atoms with Crippen molar-refractivity contribution in [2.24, 2.45) is 5.92 Å². The molecule has 1 aliphatic carbocycles. The maximum atomic E-state index is 12.4. The van der Waals surface area contributed by atoms with Crippen LogP contribution in [-0.2, 0) is 4.79 Å². The number of hydrogen-bond donors (Lipinski definition) is 0. The van der Waals surface area contributed by atoms with Gasteiger partial charge in [-0.15, -0.1) is 0 Å². The van der Waals surface area contributed by atoms with Gasteiger partial charge in [-0.1, -0.05) is 29.0 Å². The monoisotopic (exact) mass is 323 g/mol. The third-order valence-electron chi connectivity index (χ3n) is 3.12. The van der Waals surface area contributed by atoms with Crippen molar-refractivity contribution in [1.29, 1.82) is 0 Å². The third-order valence-corrected chi connectivity index (χ3v) is 4.61. The van der Waals surface area contributed by atoms with Gasteiger partial charge in [-0.05, 0) is 40.5 Å². The lowest BCUT2D eigenvalue weighted by Gasteiger charge is -2.33. The normalized spacial score (nSPS) is 26.3. The van der Waals surface area contributed by atoms with Crippen molar-refractivity contribution in [3.8, 4) is 0 Å². The van der Waals surface area contributed by atoms with Gasteiger partial charge in [0.1, 0.15) is 0 Å². The van der Waals surface area contributed by atoms with Crippen LogP contribution in [-0.4, -0.2) is 26.8 Å². The fourth-order valence-electron chi connectivity index (χ4n) is 2.49. The van der Waals surface area contributed by atoms with E-state index in [1.807, 2.05) is 4.90 Å². The summed E-state index contributed by atoms with van der Waals surface area (Å²) in [5.74, 6) is 0.646. The summed E-state index contributed by atoms with van der Waals surface area (Å²) in [6, 6.07) is 0.642.